The van der Waals surface area contributed by atoms with Crippen molar-refractivity contribution >= 4 is 10.9 Å². The SMILES string of the molecule is COCCOCCOCc1ccc2c(c1)cc(-c1ccccc1)n2N. The minimum atomic E-state index is 0.556. The lowest BCUT2D eigenvalue weighted by atomic mass is 10.1. The Balaban J connectivity index is 1.63. The lowest BCUT2D eigenvalue weighted by Crippen LogP contribution is -2.09. The van der Waals surface area contributed by atoms with E-state index < -0.39 is 0 Å². The van der Waals surface area contributed by atoms with Gasteiger partial charge < -0.3 is 20.1 Å². The number of aromatic nitrogens is 1. The molecule has 0 radical (unpaired) electrons. The number of hydrogen-bond donors (Lipinski definition) is 1. The van der Waals surface area contributed by atoms with E-state index in [2.05, 4.69) is 24.3 Å². The highest BCUT2D eigenvalue weighted by atomic mass is 16.5. The number of methoxy groups -OCH3 is 1. The highest BCUT2D eigenvalue weighted by Gasteiger charge is 2.09. The summed E-state index contributed by atoms with van der Waals surface area (Å²) in [5.41, 5.74) is 4.23. The van der Waals surface area contributed by atoms with Gasteiger partial charge in [0.15, 0.2) is 0 Å². The Morgan fingerprint density at radius 3 is 2.44 bits per heavy atom. The van der Waals surface area contributed by atoms with Gasteiger partial charge in [0.25, 0.3) is 0 Å². The molecular weight excluding hydrogens is 316 g/mol. The van der Waals surface area contributed by atoms with Gasteiger partial charge in [-0.1, -0.05) is 36.4 Å². The number of nitrogens with zero attached hydrogens (tertiary/aromatic N) is 1. The Bertz CT molecular complexity index is 799. The van der Waals surface area contributed by atoms with Crippen LogP contribution in [0.5, 0.6) is 0 Å². The van der Waals surface area contributed by atoms with E-state index in [9.17, 15) is 0 Å². The largest absolute Gasteiger partial charge is 0.382 e. The molecule has 0 amide bonds. The van der Waals surface area contributed by atoms with Gasteiger partial charge in [0.1, 0.15) is 0 Å². The normalized spacial score (nSPS) is 11.2. The highest BCUT2D eigenvalue weighted by molar-refractivity contribution is 5.87. The summed E-state index contributed by atoms with van der Waals surface area (Å²) in [5.74, 6) is 6.26. The molecule has 0 spiro atoms. The van der Waals surface area contributed by atoms with Crippen LogP contribution in [0.4, 0.5) is 0 Å². The predicted molar refractivity (Wildman–Crippen MR) is 99.9 cm³/mol. The molecular formula is C20H24N2O3. The summed E-state index contributed by atoms with van der Waals surface area (Å²) in [6, 6.07) is 18.5. The van der Waals surface area contributed by atoms with E-state index in [-0.39, 0.29) is 0 Å². The van der Waals surface area contributed by atoms with E-state index in [1.165, 1.54) is 0 Å². The van der Waals surface area contributed by atoms with Gasteiger partial charge >= 0.3 is 0 Å². The van der Waals surface area contributed by atoms with Gasteiger partial charge in [-0.3, -0.25) is 4.68 Å². The van der Waals surface area contributed by atoms with Crippen molar-refractivity contribution in [2.24, 2.45) is 0 Å². The summed E-state index contributed by atoms with van der Waals surface area (Å²) in [5, 5.41) is 1.11. The number of nitrogens with two attached hydrogens (primary N) is 1. The summed E-state index contributed by atoms with van der Waals surface area (Å²) >= 11 is 0. The topological polar surface area (TPSA) is 58.6 Å². The second-order valence-electron chi connectivity index (χ2n) is 5.82. The minimum Gasteiger partial charge on any atom is -0.382 e. The molecule has 25 heavy (non-hydrogen) atoms. The third kappa shape index (κ3) is 4.39. The molecule has 0 unspecified atom stereocenters. The Morgan fingerprint density at radius 2 is 1.64 bits per heavy atom. The monoisotopic (exact) mass is 340 g/mol. The number of hydrogen-bond acceptors (Lipinski definition) is 4. The van der Waals surface area contributed by atoms with E-state index in [1.807, 2.05) is 30.3 Å². The third-order valence-corrected chi connectivity index (χ3v) is 4.05. The molecule has 5 nitrogen and oxygen atoms in total. The molecule has 3 rings (SSSR count). The van der Waals surface area contributed by atoms with Crippen LogP contribution < -0.4 is 5.84 Å². The van der Waals surface area contributed by atoms with Crippen LogP contribution >= 0.6 is 0 Å². The van der Waals surface area contributed by atoms with Gasteiger partial charge in [-0.05, 0) is 23.8 Å². The van der Waals surface area contributed by atoms with Gasteiger partial charge in [-0.15, -0.1) is 0 Å². The average molecular weight is 340 g/mol. The molecule has 0 aliphatic heterocycles. The maximum Gasteiger partial charge on any atom is 0.0718 e. The van der Waals surface area contributed by atoms with Crippen molar-refractivity contribution in [1.29, 1.82) is 0 Å². The molecule has 0 atom stereocenters. The van der Waals surface area contributed by atoms with Crippen molar-refractivity contribution in [2.75, 3.05) is 39.4 Å². The smallest absolute Gasteiger partial charge is 0.0718 e. The zero-order chi connectivity index (χ0) is 17.5. The number of ether oxygens (including phenoxy) is 3. The van der Waals surface area contributed by atoms with Crippen LogP contribution in [0.15, 0.2) is 54.6 Å². The van der Waals surface area contributed by atoms with Gasteiger partial charge in [-0.25, -0.2) is 0 Å². The summed E-state index contributed by atoms with van der Waals surface area (Å²) in [7, 11) is 1.66. The van der Waals surface area contributed by atoms with E-state index in [4.69, 9.17) is 20.1 Å². The highest BCUT2D eigenvalue weighted by Crippen LogP contribution is 2.27. The first-order chi connectivity index (χ1) is 12.3. The Hall–Kier alpha value is -2.34. The number of fused-ring (bicyclic) bond motifs is 1. The van der Waals surface area contributed by atoms with Gasteiger partial charge in [-0.2, -0.15) is 0 Å². The van der Waals surface area contributed by atoms with Crippen LogP contribution in [0.2, 0.25) is 0 Å². The molecule has 0 bridgehead atoms. The summed E-state index contributed by atoms with van der Waals surface area (Å²) < 4.78 is 17.7. The maximum atomic E-state index is 6.26. The van der Waals surface area contributed by atoms with E-state index in [0.717, 1.165) is 27.7 Å². The van der Waals surface area contributed by atoms with E-state index >= 15 is 0 Å². The number of benzene rings is 2. The first kappa shape index (κ1) is 17.5. The van der Waals surface area contributed by atoms with Crippen molar-refractivity contribution in [3.8, 4) is 11.3 Å². The Morgan fingerprint density at radius 1 is 0.880 bits per heavy atom. The summed E-state index contributed by atoms with van der Waals surface area (Å²) in [6.45, 7) is 2.90. The first-order valence-corrected chi connectivity index (χ1v) is 8.39. The standard InChI is InChI=1S/C20H24N2O3/c1-23-9-10-24-11-12-25-15-16-7-8-19-18(13-16)14-20(22(19)21)17-5-3-2-4-6-17/h2-8,13-14H,9-12,15,21H2,1H3. The molecule has 0 aliphatic carbocycles. The summed E-state index contributed by atoms with van der Waals surface area (Å²) in [4.78, 5) is 0. The van der Waals surface area contributed by atoms with Gasteiger partial charge in [0.2, 0.25) is 0 Å². The predicted octanol–water partition coefficient (Wildman–Crippen LogP) is 3.20. The lowest BCUT2D eigenvalue weighted by molar-refractivity contribution is 0.0200. The minimum absolute atomic E-state index is 0.556. The van der Waals surface area contributed by atoms with Crippen LogP contribution in [0, 0.1) is 0 Å². The fourth-order valence-corrected chi connectivity index (χ4v) is 2.76. The molecule has 1 heterocycles. The van der Waals surface area contributed by atoms with Crippen molar-refractivity contribution < 1.29 is 14.2 Å². The van der Waals surface area contributed by atoms with Gasteiger partial charge in [0, 0.05) is 18.1 Å². The fraction of sp³-hybridized carbons (Fsp3) is 0.300. The van der Waals surface area contributed by atoms with Crippen LogP contribution in [0.3, 0.4) is 0 Å². The molecule has 0 aliphatic rings. The van der Waals surface area contributed by atoms with Crippen molar-refractivity contribution in [3.63, 3.8) is 0 Å². The van der Waals surface area contributed by atoms with E-state index in [1.54, 1.807) is 11.8 Å². The van der Waals surface area contributed by atoms with Crippen LogP contribution in [-0.2, 0) is 20.8 Å². The second-order valence-corrected chi connectivity index (χ2v) is 5.82. The van der Waals surface area contributed by atoms with Crippen molar-refractivity contribution in [2.45, 2.75) is 6.61 Å². The quantitative estimate of drug-likeness (QED) is 0.480. The Kier molecular flexibility index (Phi) is 6.06. The second kappa shape index (κ2) is 8.67. The fourth-order valence-electron chi connectivity index (χ4n) is 2.76. The lowest BCUT2D eigenvalue weighted by Gasteiger charge is -2.06. The summed E-state index contributed by atoms with van der Waals surface area (Å²) in [6.07, 6.45) is 0. The molecule has 3 aromatic rings. The first-order valence-electron chi connectivity index (χ1n) is 8.39. The maximum absolute atomic E-state index is 6.26. The number of rotatable bonds is 9. The van der Waals surface area contributed by atoms with Gasteiger partial charge in [0.05, 0.1) is 44.2 Å². The molecule has 132 valence electrons. The third-order valence-electron chi connectivity index (χ3n) is 4.05. The van der Waals surface area contributed by atoms with E-state index in [0.29, 0.717) is 33.0 Å². The molecule has 2 aromatic carbocycles. The van der Waals surface area contributed by atoms with Crippen LogP contribution in [0.25, 0.3) is 22.2 Å². The zero-order valence-corrected chi connectivity index (χ0v) is 14.5. The molecule has 1 aromatic heterocycles. The van der Waals surface area contributed by atoms with Crippen LogP contribution in [-0.4, -0.2) is 38.2 Å². The zero-order valence-electron chi connectivity index (χ0n) is 14.5. The van der Waals surface area contributed by atoms with Crippen molar-refractivity contribution in [1.82, 2.24) is 4.68 Å². The number of nitrogen functional groups attached to an aromatic ring is 1. The molecule has 2 N–H and O–H groups in total. The molecule has 5 heteroatoms. The average Bonchev–Trinajstić information content (AvgIpc) is 2.98. The van der Waals surface area contributed by atoms with Crippen LogP contribution in [0.1, 0.15) is 5.56 Å². The Labute approximate surface area is 147 Å². The molecule has 0 saturated carbocycles. The molecule has 0 fully saturated rings. The molecule has 0 saturated heterocycles. The van der Waals surface area contributed by atoms with Crippen molar-refractivity contribution in [3.05, 3.63) is 60.2 Å².